The molecule has 0 saturated carbocycles. The largest absolute Gasteiger partial charge is 0.545 e. The summed E-state index contributed by atoms with van der Waals surface area (Å²) in [5.41, 5.74) is 0. The van der Waals surface area contributed by atoms with Gasteiger partial charge in [-0.15, -0.1) is 0 Å². The molecule has 93 heavy (non-hydrogen) atoms. The number of ether oxygens (including phenoxy) is 4. The van der Waals surface area contributed by atoms with Crippen LogP contribution in [0.15, 0.2) is 207 Å². The van der Waals surface area contributed by atoms with Crippen LogP contribution in [0.5, 0.6) is 0 Å². The minimum absolute atomic E-state index is 0.128. The number of carboxylic acids is 1. The summed E-state index contributed by atoms with van der Waals surface area (Å²) < 4.78 is 22.7. The van der Waals surface area contributed by atoms with Gasteiger partial charge in [-0.1, -0.05) is 291 Å². The topological polar surface area (TPSA) is 111 Å². The molecule has 0 N–H and O–H groups in total. The number of nitrogens with zero attached hydrogens (tertiary/aromatic N) is 1. The Morgan fingerprint density at radius 3 is 0.882 bits per heavy atom. The number of carboxylic acid groups (broad SMARTS) is 1. The lowest BCUT2D eigenvalue weighted by Crippen LogP contribution is -2.44. The van der Waals surface area contributed by atoms with Crippen molar-refractivity contribution in [3.8, 4) is 0 Å². The van der Waals surface area contributed by atoms with Crippen LogP contribution in [0, 0.1) is 0 Å². The van der Waals surface area contributed by atoms with Gasteiger partial charge in [-0.3, -0.25) is 9.59 Å². The van der Waals surface area contributed by atoms with Crippen molar-refractivity contribution in [3.63, 3.8) is 0 Å². The Bertz CT molecular complexity index is 2280. The number of hydrogen-bond donors (Lipinski definition) is 0. The lowest BCUT2D eigenvalue weighted by molar-refractivity contribution is -0.870. The Morgan fingerprint density at radius 2 is 0.581 bits per heavy atom. The number of quaternary nitrogens is 1. The number of rotatable bonds is 64. The van der Waals surface area contributed by atoms with E-state index in [-0.39, 0.29) is 38.6 Å². The molecule has 0 aromatic heterocycles. The van der Waals surface area contributed by atoms with E-state index in [4.69, 9.17) is 18.9 Å². The van der Waals surface area contributed by atoms with Gasteiger partial charge in [-0.2, -0.15) is 0 Å². The molecule has 0 heterocycles. The van der Waals surface area contributed by atoms with Crippen LogP contribution in [-0.2, 0) is 33.3 Å². The molecule has 0 radical (unpaired) electrons. The number of unbranched alkanes of at least 4 members (excludes halogenated alkanes) is 15. The van der Waals surface area contributed by atoms with E-state index in [0.29, 0.717) is 17.4 Å². The van der Waals surface area contributed by atoms with Crippen LogP contribution >= 0.6 is 0 Å². The quantitative estimate of drug-likeness (QED) is 0.0195. The van der Waals surface area contributed by atoms with Gasteiger partial charge >= 0.3 is 11.9 Å². The molecule has 520 valence electrons. The van der Waals surface area contributed by atoms with Crippen molar-refractivity contribution < 1.29 is 42.9 Å². The van der Waals surface area contributed by atoms with Crippen LogP contribution in [0.4, 0.5) is 0 Å². The third-order valence-electron chi connectivity index (χ3n) is 14.5. The first-order valence-corrected chi connectivity index (χ1v) is 36.2. The maximum absolute atomic E-state index is 12.9. The lowest BCUT2D eigenvalue weighted by atomic mass is 10.0. The van der Waals surface area contributed by atoms with E-state index in [0.717, 1.165) is 148 Å². The van der Waals surface area contributed by atoms with Crippen LogP contribution in [0.2, 0.25) is 0 Å². The second-order valence-corrected chi connectivity index (χ2v) is 24.4. The van der Waals surface area contributed by atoms with E-state index < -0.39 is 24.3 Å². The molecule has 0 aromatic carbocycles. The van der Waals surface area contributed by atoms with Crippen molar-refractivity contribution in [1.82, 2.24) is 0 Å². The Morgan fingerprint density at radius 1 is 0.323 bits per heavy atom. The zero-order valence-electron chi connectivity index (χ0n) is 59.3. The number of aliphatic carboxylic acids is 1. The van der Waals surface area contributed by atoms with Crippen molar-refractivity contribution >= 4 is 17.9 Å². The second-order valence-electron chi connectivity index (χ2n) is 24.4. The van der Waals surface area contributed by atoms with Crippen LogP contribution in [0.25, 0.3) is 0 Å². The first-order valence-electron chi connectivity index (χ1n) is 36.2. The van der Waals surface area contributed by atoms with Gasteiger partial charge < -0.3 is 33.3 Å². The van der Waals surface area contributed by atoms with Crippen molar-refractivity contribution in [2.45, 2.75) is 257 Å². The average Bonchev–Trinajstić information content (AvgIpc) is 3.38. The predicted octanol–water partition coefficient (Wildman–Crippen LogP) is 21.8. The number of carbonyl (C=O) groups is 3. The Kier molecular flexibility index (Phi) is 67.0. The summed E-state index contributed by atoms with van der Waals surface area (Å²) in [5, 5.41) is 11.8. The van der Waals surface area contributed by atoms with Gasteiger partial charge in [0.05, 0.1) is 40.3 Å². The number of carbonyl (C=O) groups excluding carboxylic acids is 3. The zero-order chi connectivity index (χ0) is 67.5. The minimum Gasteiger partial charge on any atom is -0.545 e. The summed E-state index contributed by atoms with van der Waals surface area (Å²) in [7, 11) is 5.90. The molecule has 0 fully saturated rings. The Balaban J connectivity index is 4.27. The zero-order valence-corrected chi connectivity index (χ0v) is 59.3. The molecular weight excluding hydrogens is 1150 g/mol. The molecular formula is C84H131NO8. The summed E-state index contributed by atoms with van der Waals surface area (Å²) in [6.45, 7) is 4.45. The van der Waals surface area contributed by atoms with Crippen LogP contribution in [-0.4, -0.2) is 82.3 Å². The number of allylic oxidation sites excluding steroid dienone is 34. The summed E-state index contributed by atoms with van der Waals surface area (Å²) in [4.78, 5) is 37.5. The van der Waals surface area contributed by atoms with Crippen molar-refractivity contribution in [1.29, 1.82) is 0 Å². The fraction of sp³-hybridized carbons (Fsp3) is 0.560. The predicted molar refractivity (Wildman–Crippen MR) is 397 cm³/mol. The highest BCUT2D eigenvalue weighted by molar-refractivity contribution is 5.70. The smallest absolute Gasteiger partial charge is 0.306 e. The Labute approximate surface area is 569 Å². The van der Waals surface area contributed by atoms with Gasteiger partial charge in [0.15, 0.2) is 12.4 Å². The van der Waals surface area contributed by atoms with E-state index in [1.54, 1.807) is 0 Å². The average molecular weight is 1280 g/mol. The van der Waals surface area contributed by atoms with E-state index in [2.05, 4.69) is 220 Å². The number of esters is 2. The van der Waals surface area contributed by atoms with Gasteiger partial charge in [0, 0.05) is 12.8 Å². The molecule has 0 aromatic rings. The summed E-state index contributed by atoms with van der Waals surface area (Å²) in [5.74, 6) is -2.37. The third kappa shape index (κ3) is 73.1. The molecule has 0 aliphatic heterocycles. The van der Waals surface area contributed by atoms with E-state index >= 15 is 0 Å². The molecule has 2 atom stereocenters. The molecule has 0 spiro atoms. The maximum Gasteiger partial charge on any atom is 0.306 e. The first-order chi connectivity index (χ1) is 45.6. The molecule has 9 nitrogen and oxygen atoms in total. The fourth-order valence-corrected chi connectivity index (χ4v) is 9.07. The number of likely N-dealkylation sites (N-methyl/N-ethyl adjacent to an activating group) is 1. The molecule has 0 rings (SSSR count). The summed E-state index contributed by atoms with van der Waals surface area (Å²) >= 11 is 0. The summed E-state index contributed by atoms with van der Waals surface area (Å²) in [6, 6.07) is 0. The third-order valence-corrected chi connectivity index (χ3v) is 14.5. The van der Waals surface area contributed by atoms with Gasteiger partial charge in [0.2, 0.25) is 0 Å². The highest BCUT2D eigenvalue weighted by atomic mass is 16.7. The molecule has 2 unspecified atom stereocenters. The van der Waals surface area contributed by atoms with Gasteiger partial charge in [-0.05, 0) is 148 Å². The van der Waals surface area contributed by atoms with Crippen molar-refractivity contribution in [3.05, 3.63) is 207 Å². The second kappa shape index (κ2) is 71.7. The molecule has 0 bridgehead atoms. The highest BCUT2D eigenvalue weighted by Crippen LogP contribution is 2.15. The SMILES string of the molecule is CC/C=C\C/C=C\C/C=C\C/C=C\C/C=C\C/C=C\C/C=C\C/C=C\C/C=C\C/C=C\C/C=C\C/C=C\CCCCC(=O)OC(COC(=O)CCCCCCCCCCCCCCC/C=C\C/C=C\C/C=C\C/C=C\C/C=C\CC)COC(OCC[N+](C)(C)C)C(=O)[O-]. The van der Waals surface area contributed by atoms with Gasteiger partial charge in [-0.25, -0.2) is 0 Å². The van der Waals surface area contributed by atoms with Crippen molar-refractivity contribution in [2.75, 3.05) is 47.5 Å². The fourth-order valence-electron chi connectivity index (χ4n) is 9.07. The highest BCUT2D eigenvalue weighted by Gasteiger charge is 2.22. The monoisotopic (exact) mass is 1280 g/mol. The molecule has 0 amide bonds. The number of hydrogen-bond acceptors (Lipinski definition) is 8. The van der Waals surface area contributed by atoms with Gasteiger partial charge in [0.1, 0.15) is 13.2 Å². The van der Waals surface area contributed by atoms with Crippen LogP contribution in [0.3, 0.4) is 0 Å². The van der Waals surface area contributed by atoms with Crippen LogP contribution < -0.4 is 5.11 Å². The van der Waals surface area contributed by atoms with Crippen LogP contribution in [0.1, 0.15) is 245 Å². The molecule has 0 aliphatic rings. The van der Waals surface area contributed by atoms with E-state index in [9.17, 15) is 19.5 Å². The normalized spacial score (nSPS) is 13.9. The minimum atomic E-state index is -1.65. The molecule has 9 heteroatoms. The van der Waals surface area contributed by atoms with E-state index in [1.807, 2.05) is 21.1 Å². The first kappa shape index (κ1) is 86.9. The molecule has 0 saturated heterocycles. The van der Waals surface area contributed by atoms with E-state index in [1.165, 1.54) is 64.2 Å². The maximum atomic E-state index is 12.9. The Hall–Kier alpha value is -6.13. The standard InChI is InChI=1S/C84H131NO8/c1-6-8-10-12-14-16-18-20-22-24-26-28-30-32-34-36-37-38-39-40-41-42-43-44-45-47-49-51-53-55-57-59-61-63-65-67-69-71-73-75-82(87)93-80(79-92-84(83(88)89)90-77-76-85(3,4)5)78-91-81(86)74-72-70-68-66-64-62-60-58-56-54-52-50-48-46-35-33-31-29-27-25-23-21-19-17-15-13-11-9-7-2/h8-11,14-17,20-23,26-29,32-35,37-38,40-41,43-44,47,49,53,55,59,61,65,67,80,84H,6-7,12-13,18-19,24-25,30-31,36,39,42,45-46,48,50-52,54,56-58,60,62-64,66,68-79H2,1-5H3/b10-8-,11-9-,16-14-,17-15-,22-20-,23-21-,28-26-,29-27-,34-32-,35-33-,38-37-,41-40-,44-43-,49-47-,55-53-,61-59-,67-65-. The molecule has 0 aliphatic carbocycles. The van der Waals surface area contributed by atoms with Crippen molar-refractivity contribution in [2.24, 2.45) is 0 Å². The summed E-state index contributed by atoms with van der Waals surface area (Å²) in [6.07, 6.45) is 109. The lowest BCUT2D eigenvalue weighted by Gasteiger charge is -2.26. The van der Waals surface area contributed by atoms with Gasteiger partial charge in [0.25, 0.3) is 0 Å².